The molecule has 7 nitrogen and oxygen atoms in total. The van der Waals surface area contributed by atoms with Gasteiger partial charge in [-0.15, -0.1) is 10.2 Å². The molecule has 0 spiro atoms. The van der Waals surface area contributed by atoms with Gasteiger partial charge in [-0.1, -0.05) is 4.68 Å². The van der Waals surface area contributed by atoms with Crippen LogP contribution in [0, 0.1) is 0 Å². The molecule has 0 saturated carbocycles. The van der Waals surface area contributed by atoms with E-state index in [1.165, 1.54) is 0 Å². The van der Waals surface area contributed by atoms with Crippen molar-refractivity contribution in [1.82, 2.24) is 5.32 Å². The van der Waals surface area contributed by atoms with Gasteiger partial charge in [0.15, 0.2) is 24.4 Å². The summed E-state index contributed by atoms with van der Waals surface area (Å²) < 4.78 is 1.66. The zero-order valence-electron chi connectivity index (χ0n) is 9.06. The fourth-order valence-corrected chi connectivity index (χ4v) is 1.75. The molecule has 0 radical (unpaired) electrons. The predicted octanol–water partition coefficient (Wildman–Crippen LogP) is -1.55. The average Bonchev–Trinajstić information content (AvgIpc) is 2.62. The fourth-order valence-electron chi connectivity index (χ4n) is 1.75. The van der Waals surface area contributed by atoms with Gasteiger partial charge in [0.25, 0.3) is 0 Å². The van der Waals surface area contributed by atoms with E-state index in [1.54, 1.807) is 4.68 Å². The first-order valence-electron chi connectivity index (χ1n) is 5.25. The van der Waals surface area contributed by atoms with E-state index in [1.807, 2.05) is 0 Å². The molecule has 2 heterocycles. The monoisotopic (exact) mass is 222 g/mol. The number of hydrogen-bond donors (Lipinski definition) is 3. The highest BCUT2D eigenvalue weighted by Gasteiger charge is 2.26. The Labute approximate surface area is 93.6 Å². The van der Waals surface area contributed by atoms with Crippen LogP contribution in [0.2, 0.25) is 0 Å². The van der Waals surface area contributed by atoms with Crippen molar-refractivity contribution in [3.8, 4) is 0 Å². The summed E-state index contributed by atoms with van der Waals surface area (Å²) in [5, 5.41) is 14.9. The molecule has 0 atom stereocenters. The minimum atomic E-state index is 0.250. The summed E-state index contributed by atoms with van der Waals surface area (Å²) in [6, 6.07) is 0.315. The second-order valence-corrected chi connectivity index (χ2v) is 3.84. The molecule has 0 aliphatic carbocycles. The number of nitrogens with one attached hydrogen (secondary N) is 1. The van der Waals surface area contributed by atoms with Crippen molar-refractivity contribution < 1.29 is 4.68 Å². The third-order valence-corrected chi connectivity index (χ3v) is 2.71. The molecule has 0 aromatic rings. The van der Waals surface area contributed by atoms with Gasteiger partial charge < -0.3 is 16.8 Å². The normalized spacial score (nSPS) is 21.6. The molecule has 2 aliphatic rings. The first kappa shape index (κ1) is 10.7. The van der Waals surface area contributed by atoms with Crippen LogP contribution in [0.1, 0.15) is 12.8 Å². The summed E-state index contributed by atoms with van der Waals surface area (Å²) in [5.41, 5.74) is 11.6. The summed E-state index contributed by atoms with van der Waals surface area (Å²) in [5.74, 6) is 0.500. The predicted molar refractivity (Wildman–Crippen MR) is 64.0 cm³/mol. The number of hydrazone groups is 1. The van der Waals surface area contributed by atoms with Crippen molar-refractivity contribution in [3.05, 3.63) is 0 Å². The van der Waals surface area contributed by atoms with Gasteiger partial charge in [-0.2, -0.15) is 0 Å². The van der Waals surface area contributed by atoms with Gasteiger partial charge in [-0.3, -0.25) is 0 Å². The first-order valence-corrected chi connectivity index (χ1v) is 5.25. The zero-order chi connectivity index (χ0) is 11.5. The van der Waals surface area contributed by atoms with E-state index in [0.717, 1.165) is 25.9 Å². The number of hydrogen-bond acceptors (Lipinski definition) is 6. The maximum Gasteiger partial charge on any atom is 0.218 e. The molecule has 5 N–H and O–H groups in total. The Balaban J connectivity index is 2.08. The van der Waals surface area contributed by atoms with Crippen LogP contribution < -0.4 is 16.8 Å². The summed E-state index contributed by atoms with van der Waals surface area (Å²) >= 11 is 0. The molecule has 86 valence electrons. The van der Waals surface area contributed by atoms with E-state index >= 15 is 0 Å². The number of nitrogens with two attached hydrogens (primary N) is 2. The maximum absolute atomic E-state index is 5.61. The lowest BCUT2D eigenvalue weighted by atomic mass is 10.1. The van der Waals surface area contributed by atoms with Gasteiger partial charge in [0.05, 0.1) is 0 Å². The van der Waals surface area contributed by atoms with E-state index in [0.29, 0.717) is 11.8 Å². The van der Waals surface area contributed by atoms with Gasteiger partial charge in [0, 0.05) is 31.0 Å². The highest BCUT2D eigenvalue weighted by atomic mass is 15.4. The Morgan fingerprint density at radius 3 is 2.38 bits per heavy atom. The molecule has 7 heteroatoms. The van der Waals surface area contributed by atoms with Crippen molar-refractivity contribution in [1.29, 1.82) is 0 Å². The van der Waals surface area contributed by atoms with Crippen LogP contribution >= 0.6 is 0 Å². The summed E-state index contributed by atoms with van der Waals surface area (Å²) in [6.07, 6.45) is 2.02. The van der Waals surface area contributed by atoms with Crippen LogP contribution in [-0.2, 0) is 0 Å². The number of piperidine rings is 1. The van der Waals surface area contributed by atoms with Gasteiger partial charge in [0.1, 0.15) is 0 Å². The molecule has 0 aromatic carbocycles. The van der Waals surface area contributed by atoms with Crippen molar-refractivity contribution >= 4 is 24.1 Å². The second-order valence-electron chi connectivity index (χ2n) is 3.84. The quantitative estimate of drug-likeness (QED) is 0.299. The fraction of sp³-hybridized carbons (Fsp3) is 0.556. The lowest BCUT2D eigenvalue weighted by Gasteiger charge is -2.17. The lowest BCUT2D eigenvalue weighted by Crippen LogP contribution is -2.38. The van der Waals surface area contributed by atoms with E-state index in [9.17, 15) is 0 Å². The van der Waals surface area contributed by atoms with Gasteiger partial charge >= 0.3 is 0 Å². The second kappa shape index (κ2) is 4.40. The van der Waals surface area contributed by atoms with Crippen LogP contribution in [0.4, 0.5) is 0 Å². The van der Waals surface area contributed by atoms with E-state index in [2.05, 4.69) is 27.3 Å². The van der Waals surface area contributed by atoms with Crippen molar-refractivity contribution in [3.63, 3.8) is 0 Å². The number of amidine groups is 2. The number of nitrogens with zero attached hydrogens (tertiary/aromatic N) is 4. The Morgan fingerprint density at radius 2 is 1.81 bits per heavy atom. The van der Waals surface area contributed by atoms with Crippen molar-refractivity contribution in [2.75, 3.05) is 13.1 Å². The van der Waals surface area contributed by atoms with Crippen LogP contribution in [0.3, 0.4) is 0 Å². The molecule has 2 rings (SSSR count). The minimum absolute atomic E-state index is 0.250. The Morgan fingerprint density at radius 1 is 1.25 bits per heavy atom. The molecule has 16 heavy (non-hydrogen) atoms. The molecule has 0 amide bonds. The zero-order valence-corrected chi connectivity index (χ0v) is 9.06. The highest BCUT2D eigenvalue weighted by Crippen LogP contribution is 2.07. The maximum atomic E-state index is 5.61. The average molecular weight is 222 g/mol. The van der Waals surface area contributed by atoms with Crippen molar-refractivity contribution in [2.24, 2.45) is 26.8 Å². The summed E-state index contributed by atoms with van der Waals surface area (Å²) in [6.45, 7) is 5.85. The van der Waals surface area contributed by atoms with Crippen LogP contribution in [0.25, 0.3) is 0 Å². The molecular formula is C9H16N7+. The minimum Gasteiger partial charge on any atom is -0.380 e. The molecule has 2 aliphatic heterocycles. The van der Waals surface area contributed by atoms with Gasteiger partial charge in [-0.05, 0) is 0 Å². The van der Waals surface area contributed by atoms with Crippen LogP contribution in [0.5, 0.6) is 0 Å². The van der Waals surface area contributed by atoms with E-state index in [-0.39, 0.29) is 11.7 Å². The molecule has 0 bridgehead atoms. The van der Waals surface area contributed by atoms with Gasteiger partial charge in [-0.25, -0.2) is 0 Å². The largest absolute Gasteiger partial charge is 0.380 e. The Kier molecular flexibility index (Phi) is 2.95. The summed E-state index contributed by atoms with van der Waals surface area (Å²) in [4.78, 5) is 0. The Hall–Kier alpha value is -1.76. The molecule has 1 saturated heterocycles. The van der Waals surface area contributed by atoms with E-state index < -0.39 is 0 Å². The molecule has 1 fully saturated rings. The highest BCUT2D eigenvalue weighted by molar-refractivity contribution is 6.68. The van der Waals surface area contributed by atoms with Crippen LogP contribution in [-0.4, -0.2) is 47.9 Å². The Bertz CT molecular complexity index is 367. The van der Waals surface area contributed by atoms with Crippen LogP contribution in [0.15, 0.2) is 15.3 Å². The molecule has 0 aromatic heterocycles. The third-order valence-electron chi connectivity index (χ3n) is 2.71. The molecule has 0 unspecified atom stereocenters. The standard InChI is InChI=1S/C9H16N7/c1-16(6-2-4-12-5-3-6)15-7-8(10)13-14-9(7)11/h6,12H,1-5H2,(H4,10,11,13,14,15)/q+1. The number of rotatable bonds is 2. The van der Waals surface area contributed by atoms with Gasteiger partial charge in [0.2, 0.25) is 5.71 Å². The third kappa shape index (κ3) is 2.08. The summed E-state index contributed by atoms with van der Waals surface area (Å²) in [7, 11) is 0. The lowest BCUT2D eigenvalue weighted by molar-refractivity contribution is -0.566. The van der Waals surface area contributed by atoms with E-state index in [4.69, 9.17) is 11.5 Å². The topological polar surface area (TPSA) is 104 Å². The first-order chi connectivity index (χ1) is 7.68. The SMILES string of the molecule is C=[N+](N=C1C(N)=NN=C1N)C1CCNCC1. The smallest absolute Gasteiger partial charge is 0.218 e. The molecular weight excluding hydrogens is 206 g/mol. The van der Waals surface area contributed by atoms with Crippen molar-refractivity contribution in [2.45, 2.75) is 18.9 Å².